The molecule has 1 aliphatic carbocycles. The molecule has 2 bridgehead atoms. The molecule has 1 aromatic heterocycles. The summed E-state index contributed by atoms with van der Waals surface area (Å²) in [7, 11) is 0. The number of fused-ring (bicyclic) bond motifs is 5. The van der Waals surface area contributed by atoms with Gasteiger partial charge in [0.05, 0.1) is 12.1 Å². The summed E-state index contributed by atoms with van der Waals surface area (Å²) in [5, 5.41) is 18.6. The number of nitrogens with one attached hydrogen (secondary N) is 3. The zero-order valence-electron chi connectivity index (χ0n) is 16.2. The predicted molar refractivity (Wildman–Crippen MR) is 116 cm³/mol. The number of nitriles is 1. The van der Waals surface area contributed by atoms with Gasteiger partial charge in [-0.25, -0.2) is 0 Å². The molecule has 1 aliphatic heterocycles. The zero-order valence-corrected chi connectivity index (χ0v) is 17.0. The van der Waals surface area contributed by atoms with Crippen LogP contribution in [-0.2, 0) is 11.2 Å². The van der Waals surface area contributed by atoms with Gasteiger partial charge >= 0.3 is 0 Å². The maximum atomic E-state index is 12.6. The average molecular weight is 421 g/mol. The lowest BCUT2D eigenvalue weighted by molar-refractivity contribution is -0.124. The molecule has 1 saturated carbocycles. The third-order valence-corrected chi connectivity index (χ3v) is 6.64. The molecule has 6 nitrogen and oxygen atoms in total. The molecule has 0 radical (unpaired) electrons. The monoisotopic (exact) mass is 420 g/mol. The Balaban J connectivity index is 1.39. The van der Waals surface area contributed by atoms with Crippen LogP contribution in [0.1, 0.15) is 24.8 Å². The minimum Gasteiger partial charge on any atom is -0.339 e. The molecule has 2 aromatic carbocycles. The Bertz CT molecular complexity index is 1260. The van der Waals surface area contributed by atoms with Gasteiger partial charge in [0, 0.05) is 33.8 Å². The van der Waals surface area contributed by atoms with Gasteiger partial charge in [-0.1, -0.05) is 23.7 Å². The number of halogens is 1. The molecule has 3 N–H and O–H groups in total. The lowest BCUT2D eigenvalue weighted by atomic mass is 9.98. The minimum atomic E-state index is -0.648. The van der Waals surface area contributed by atoms with E-state index in [0.717, 1.165) is 41.1 Å². The number of carbonyl (C=O) groups excluding carboxylic acids is 1. The topological polar surface area (TPSA) is 97.8 Å². The third kappa shape index (κ3) is 3.34. The molecule has 4 atom stereocenters. The SMILES string of the molecule is N#CC(Cc1ccc2c(c1)c(=O)[nH]c1ccc(Cl)cc12)NC(=O)[C@H]1N[C@@H]2CC[C@H]1C2. The number of pyridine rings is 1. The van der Waals surface area contributed by atoms with Crippen LogP contribution in [0.5, 0.6) is 0 Å². The van der Waals surface area contributed by atoms with Crippen molar-refractivity contribution in [3.8, 4) is 6.07 Å². The molecule has 1 saturated heterocycles. The molecule has 3 aromatic rings. The second-order valence-corrected chi connectivity index (χ2v) is 8.77. The van der Waals surface area contributed by atoms with Crippen molar-refractivity contribution in [2.45, 2.75) is 43.8 Å². The number of carbonyl (C=O) groups is 1. The van der Waals surface area contributed by atoms with Gasteiger partial charge in [-0.05, 0) is 60.4 Å². The fourth-order valence-corrected chi connectivity index (χ4v) is 5.13. The number of aromatic nitrogens is 1. The molecular formula is C23H21ClN4O2. The fraction of sp³-hybridized carbons (Fsp3) is 0.348. The highest BCUT2D eigenvalue weighted by Gasteiger charge is 2.43. The van der Waals surface area contributed by atoms with E-state index in [4.69, 9.17) is 11.6 Å². The first-order valence-electron chi connectivity index (χ1n) is 10.2. The van der Waals surface area contributed by atoms with E-state index in [0.29, 0.717) is 28.8 Å². The van der Waals surface area contributed by atoms with Gasteiger partial charge in [0.25, 0.3) is 5.56 Å². The highest BCUT2D eigenvalue weighted by Crippen LogP contribution is 2.35. The molecule has 7 heteroatoms. The summed E-state index contributed by atoms with van der Waals surface area (Å²) in [5.74, 6) is 0.265. The minimum absolute atomic E-state index is 0.104. The Kier molecular flexibility index (Phi) is 4.73. The number of nitrogens with zero attached hydrogens (tertiary/aromatic N) is 1. The van der Waals surface area contributed by atoms with E-state index >= 15 is 0 Å². The van der Waals surface area contributed by atoms with Gasteiger partial charge in [-0.15, -0.1) is 0 Å². The summed E-state index contributed by atoms with van der Waals surface area (Å²) in [5.41, 5.74) is 1.36. The van der Waals surface area contributed by atoms with Crippen molar-refractivity contribution in [2.24, 2.45) is 5.92 Å². The van der Waals surface area contributed by atoms with Crippen molar-refractivity contribution in [3.05, 3.63) is 57.3 Å². The van der Waals surface area contributed by atoms with Crippen LogP contribution in [0.4, 0.5) is 0 Å². The van der Waals surface area contributed by atoms with Crippen LogP contribution in [0, 0.1) is 17.2 Å². The number of aromatic amines is 1. The van der Waals surface area contributed by atoms with Crippen LogP contribution in [0.2, 0.25) is 5.02 Å². The number of hydrogen-bond donors (Lipinski definition) is 3. The Hall–Kier alpha value is -2.88. The molecule has 2 heterocycles. The van der Waals surface area contributed by atoms with E-state index < -0.39 is 6.04 Å². The van der Waals surface area contributed by atoms with E-state index in [1.54, 1.807) is 18.2 Å². The maximum absolute atomic E-state index is 12.6. The van der Waals surface area contributed by atoms with Crippen LogP contribution in [0.15, 0.2) is 41.2 Å². The van der Waals surface area contributed by atoms with Crippen LogP contribution >= 0.6 is 11.6 Å². The van der Waals surface area contributed by atoms with Crippen molar-refractivity contribution in [1.29, 1.82) is 5.26 Å². The smallest absolute Gasteiger partial charge is 0.256 e. The number of H-pyrrole nitrogens is 1. The number of hydrogen-bond acceptors (Lipinski definition) is 4. The fourth-order valence-electron chi connectivity index (χ4n) is 4.96. The molecule has 0 spiro atoms. The lowest BCUT2D eigenvalue weighted by Gasteiger charge is -2.23. The van der Waals surface area contributed by atoms with Crippen molar-refractivity contribution in [3.63, 3.8) is 0 Å². The Morgan fingerprint density at radius 1 is 1.20 bits per heavy atom. The largest absolute Gasteiger partial charge is 0.339 e. The summed E-state index contributed by atoms with van der Waals surface area (Å²) < 4.78 is 0. The van der Waals surface area contributed by atoms with Crippen molar-refractivity contribution in [1.82, 2.24) is 15.6 Å². The van der Waals surface area contributed by atoms with Crippen molar-refractivity contribution < 1.29 is 4.79 Å². The van der Waals surface area contributed by atoms with Gasteiger partial charge in [0.2, 0.25) is 5.91 Å². The van der Waals surface area contributed by atoms with E-state index in [1.165, 1.54) is 0 Å². The van der Waals surface area contributed by atoms with Gasteiger partial charge in [0.1, 0.15) is 6.04 Å². The average Bonchev–Trinajstić information content (AvgIpc) is 3.38. The van der Waals surface area contributed by atoms with Crippen molar-refractivity contribution >= 4 is 39.2 Å². The third-order valence-electron chi connectivity index (χ3n) is 6.40. The lowest BCUT2D eigenvalue weighted by Crippen LogP contribution is -2.50. The normalized spacial score (nSPS) is 23.5. The van der Waals surface area contributed by atoms with Gasteiger partial charge < -0.3 is 15.6 Å². The van der Waals surface area contributed by atoms with Crippen LogP contribution in [0.3, 0.4) is 0 Å². The Labute approximate surface area is 178 Å². The Morgan fingerprint density at radius 2 is 2.07 bits per heavy atom. The highest BCUT2D eigenvalue weighted by atomic mass is 35.5. The molecule has 152 valence electrons. The second-order valence-electron chi connectivity index (χ2n) is 8.33. The first kappa shape index (κ1) is 19.1. The molecular weight excluding hydrogens is 400 g/mol. The quantitative estimate of drug-likeness (QED) is 0.565. The maximum Gasteiger partial charge on any atom is 0.256 e. The highest BCUT2D eigenvalue weighted by molar-refractivity contribution is 6.31. The summed E-state index contributed by atoms with van der Waals surface area (Å²) >= 11 is 6.13. The van der Waals surface area contributed by atoms with E-state index in [1.807, 2.05) is 18.2 Å². The number of rotatable bonds is 4. The second kappa shape index (κ2) is 7.42. The van der Waals surface area contributed by atoms with E-state index in [2.05, 4.69) is 21.7 Å². The summed E-state index contributed by atoms with van der Waals surface area (Å²) in [4.78, 5) is 28.1. The van der Waals surface area contributed by atoms with E-state index in [9.17, 15) is 14.9 Å². The van der Waals surface area contributed by atoms with Crippen LogP contribution in [0.25, 0.3) is 21.7 Å². The summed E-state index contributed by atoms with van der Waals surface area (Å²) in [6.45, 7) is 0. The molecule has 1 amide bonds. The molecule has 5 rings (SSSR count). The van der Waals surface area contributed by atoms with Crippen molar-refractivity contribution in [2.75, 3.05) is 0 Å². The van der Waals surface area contributed by atoms with Gasteiger partial charge in [-0.3, -0.25) is 9.59 Å². The van der Waals surface area contributed by atoms with Crippen LogP contribution < -0.4 is 16.2 Å². The summed E-state index contributed by atoms with van der Waals surface area (Å²) in [6, 6.07) is 12.7. The molecule has 2 fully saturated rings. The predicted octanol–water partition coefficient (Wildman–Crippen LogP) is 3.03. The first-order chi connectivity index (χ1) is 14.5. The van der Waals surface area contributed by atoms with Crippen LogP contribution in [-0.4, -0.2) is 29.0 Å². The van der Waals surface area contributed by atoms with Gasteiger partial charge in [-0.2, -0.15) is 5.26 Å². The summed E-state index contributed by atoms with van der Waals surface area (Å²) in [6.07, 6.45) is 3.58. The Morgan fingerprint density at radius 3 is 2.80 bits per heavy atom. The standard InChI is InChI=1S/C23H21ClN4O2/c24-14-3-6-20-18(10-14)17-5-1-12(8-19(17)22(29)28-20)7-16(11-25)27-23(30)21-13-2-4-15(9-13)26-21/h1,3,5-6,8,10,13,15-16,21,26H,2,4,7,9H2,(H,27,30)(H,28,29)/t13-,15+,16?,21-/m0/s1. The van der Waals surface area contributed by atoms with Gasteiger partial charge in [0.15, 0.2) is 0 Å². The molecule has 1 unspecified atom stereocenters. The zero-order chi connectivity index (χ0) is 20.8. The number of piperidine rings is 1. The number of benzene rings is 2. The van der Waals surface area contributed by atoms with E-state index in [-0.39, 0.29) is 17.5 Å². The molecule has 2 aliphatic rings. The number of amides is 1. The first-order valence-corrected chi connectivity index (χ1v) is 10.6. The molecule has 30 heavy (non-hydrogen) atoms.